The average Bonchev–Trinajstić information content (AvgIpc) is 2.27. The predicted octanol–water partition coefficient (Wildman–Crippen LogP) is 1.85. The van der Waals surface area contributed by atoms with Gasteiger partial charge < -0.3 is 10.2 Å². The summed E-state index contributed by atoms with van der Waals surface area (Å²) in [5, 5.41) is 0. The summed E-state index contributed by atoms with van der Waals surface area (Å²) >= 11 is 0. The summed E-state index contributed by atoms with van der Waals surface area (Å²) in [6.07, 6.45) is 2.36. The summed E-state index contributed by atoms with van der Waals surface area (Å²) < 4.78 is 1.16. The van der Waals surface area contributed by atoms with E-state index in [0.717, 1.165) is 17.4 Å². The molecule has 1 aliphatic heterocycles. The van der Waals surface area contributed by atoms with Crippen molar-refractivity contribution in [3.8, 4) is 0 Å². The second-order valence-electron chi connectivity index (χ2n) is 5.39. The molecule has 0 amide bonds. The molecule has 0 aliphatic carbocycles. The normalized spacial score (nSPS) is 24.2. The van der Waals surface area contributed by atoms with Crippen LogP contribution < -0.4 is 5.73 Å². The van der Waals surface area contributed by atoms with Crippen LogP contribution in [0.1, 0.15) is 23.1 Å². The first kappa shape index (κ1) is 11.6. The quantitative estimate of drug-likeness (QED) is 0.771. The molecule has 0 aromatic heterocycles. The van der Waals surface area contributed by atoms with E-state index in [2.05, 4.69) is 32.2 Å². The Morgan fingerprint density at radius 2 is 2.12 bits per heavy atom. The summed E-state index contributed by atoms with van der Waals surface area (Å²) in [4.78, 5) is 0. The molecule has 2 N–H and O–H groups in total. The van der Waals surface area contributed by atoms with Crippen molar-refractivity contribution in [3.63, 3.8) is 0 Å². The molecule has 0 bridgehead atoms. The number of likely N-dealkylation sites (N-methyl/N-ethyl adjacent to an activating group) is 1. The number of nitrogens with zero attached hydrogens (tertiary/aromatic N) is 1. The van der Waals surface area contributed by atoms with Gasteiger partial charge in [-0.05, 0) is 19.0 Å². The van der Waals surface area contributed by atoms with Crippen LogP contribution in [0.5, 0.6) is 0 Å². The lowest BCUT2D eigenvalue weighted by atomic mass is 9.96. The fourth-order valence-electron chi connectivity index (χ4n) is 2.69. The van der Waals surface area contributed by atoms with E-state index in [1.807, 2.05) is 0 Å². The third-order valence-electron chi connectivity index (χ3n) is 3.74. The smallest absolute Gasteiger partial charge is 0.104 e. The minimum Gasteiger partial charge on any atom is -0.330 e. The minimum absolute atomic E-state index is 0.814. The van der Waals surface area contributed by atoms with Crippen molar-refractivity contribution < 1.29 is 4.48 Å². The summed E-state index contributed by atoms with van der Waals surface area (Å²) in [7, 11) is 2.36. The topological polar surface area (TPSA) is 26.0 Å². The standard InChI is InChI=1S/C14H23N2/c1-12-4-5-14-11-16(2,8-3-7-15)9-6-13(14)10-12/h4-5,10H,3,6-9,11,15H2,1-2H3/q+1. The Bertz CT molecular complexity index is 373. The number of fused-ring (bicyclic) bond motifs is 1. The van der Waals surface area contributed by atoms with Gasteiger partial charge in [-0.3, -0.25) is 0 Å². The molecule has 1 aromatic carbocycles. The molecular formula is C14H23N2+. The highest BCUT2D eigenvalue weighted by molar-refractivity contribution is 5.32. The first-order valence-electron chi connectivity index (χ1n) is 6.25. The zero-order chi connectivity index (χ0) is 11.6. The van der Waals surface area contributed by atoms with Crippen LogP contribution in [0.4, 0.5) is 0 Å². The van der Waals surface area contributed by atoms with E-state index in [-0.39, 0.29) is 0 Å². The van der Waals surface area contributed by atoms with Crippen molar-refractivity contribution in [3.05, 3.63) is 34.9 Å². The van der Waals surface area contributed by atoms with E-state index in [9.17, 15) is 0 Å². The van der Waals surface area contributed by atoms with Crippen LogP contribution in [-0.4, -0.2) is 31.2 Å². The Kier molecular flexibility index (Phi) is 3.31. The molecule has 0 spiro atoms. The molecule has 0 saturated carbocycles. The van der Waals surface area contributed by atoms with Crippen molar-refractivity contribution in [1.82, 2.24) is 0 Å². The van der Waals surface area contributed by atoms with E-state index in [0.29, 0.717) is 0 Å². The molecule has 1 atom stereocenters. The van der Waals surface area contributed by atoms with Gasteiger partial charge in [0.1, 0.15) is 6.54 Å². The van der Waals surface area contributed by atoms with Crippen LogP contribution >= 0.6 is 0 Å². The lowest BCUT2D eigenvalue weighted by Crippen LogP contribution is -2.48. The Morgan fingerprint density at radius 1 is 1.31 bits per heavy atom. The molecule has 0 radical (unpaired) electrons. The Morgan fingerprint density at radius 3 is 2.88 bits per heavy atom. The first-order chi connectivity index (χ1) is 7.63. The van der Waals surface area contributed by atoms with Gasteiger partial charge >= 0.3 is 0 Å². The van der Waals surface area contributed by atoms with Gasteiger partial charge in [0.15, 0.2) is 0 Å². The zero-order valence-corrected chi connectivity index (χ0v) is 10.5. The van der Waals surface area contributed by atoms with Crippen LogP contribution in [-0.2, 0) is 13.0 Å². The Balaban J connectivity index is 2.14. The fraction of sp³-hybridized carbons (Fsp3) is 0.571. The molecule has 2 rings (SSSR count). The van der Waals surface area contributed by atoms with Gasteiger partial charge in [0, 0.05) is 18.4 Å². The molecule has 88 valence electrons. The minimum atomic E-state index is 0.814. The van der Waals surface area contributed by atoms with E-state index in [4.69, 9.17) is 5.73 Å². The number of hydrogen-bond acceptors (Lipinski definition) is 1. The number of hydrogen-bond donors (Lipinski definition) is 1. The van der Waals surface area contributed by atoms with E-state index < -0.39 is 0 Å². The second-order valence-corrected chi connectivity index (χ2v) is 5.39. The highest BCUT2D eigenvalue weighted by atomic mass is 15.3. The van der Waals surface area contributed by atoms with Gasteiger partial charge in [-0.2, -0.15) is 0 Å². The van der Waals surface area contributed by atoms with Crippen molar-refractivity contribution in [2.45, 2.75) is 26.3 Å². The molecule has 1 aromatic rings. The molecule has 0 fully saturated rings. The monoisotopic (exact) mass is 219 g/mol. The second kappa shape index (κ2) is 4.56. The molecule has 1 heterocycles. The van der Waals surface area contributed by atoms with Crippen LogP contribution in [0.3, 0.4) is 0 Å². The molecule has 0 saturated heterocycles. The maximum Gasteiger partial charge on any atom is 0.104 e. The molecular weight excluding hydrogens is 196 g/mol. The van der Waals surface area contributed by atoms with Crippen LogP contribution in [0.15, 0.2) is 18.2 Å². The van der Waals surface area contributed by atoms with Crippen LogP contribution in [0.25, 0.3) is 0 Å². The van der Waals surface area contributed by atoms with Gasteiger partial charge in [0.25, 0.3) is 0 Å². The number of rotatable bonds is 3. The van der Waals surface area contributed by atoms with E-state index in [1.165, 1.54) is 37.2 Å². The highest BCUT2D eigenvalue weighted by Crippen LogP contribution is 2.24. The lowest BCUT2D eigenvalue weighted by Gasteiger charge is -2.38. The Labute approximate surface area is 98.7 Å². The van der Waals surface area contributed by atoms with Crippen LogP contribution in [0, 0.1) is 6.92 Å². The lowest BCUT2D eigenvalue weighted by molar-refractivity contribution is -0.924. The molecule has 1 unspecified atom stereocenters. The van der Waals surface area contributed by atoms with E-state index in [1.54, 1.807) is 5.56 Å². The third kappa shape index (κ3) is 2.45. The maximum atomic E-state index is 5.61. The fourth-order valence-corrected chi connectivity index (χ4v) is 2.69. The molecule has 1 aliphatic rings. The summed E-state index contributed by atoms with van der Waals surface area (Å²) in [6, 6.07) is 6.89. The van der Waals surface area contributed by atoms with Gasteiger partial charge in [-0.25, -0.2) is 0 Å². The van der Waals surface area contributed by atoms with Gasteiger partial charge in [0.05, 0.1) is 20.1 Å². The third-order valence-corrected chi connectivity index (χ3v) is 3.74. The molecule has 16 heavy (non-hydrogen) atoms. The zero-order valence-electron chi connectivity index (χ0n) is 10.5. The summed E-state index contributed by atoms with van der Waals surface area (Å²) in [5.41, 5.74) is 10.1. The maximum absolute atomic E-state index is 5.61. The van der Waals surface area contributed by atoms with Crippen molar-refractivity contribution >= 4 is 0 Å². The summed E-state index contributed by atoms with van der Waals surface area (Å²) in [5.74, 6) is 0. The molecule has 2 nitrogen and oxygen atoms in total. The Hall–Kier alpha value is -0.860. The predicted molar refractivity (Wildman–Crippen MR) is 68.2 cm³/mol. The van der Waals surface area contributed by atoms with Gasteiger partial charge in [-0.1, -0.05) is 23.8 Å². The van der Waals surface area contributed by atoms with Crippen LogP contribution in [0.2, 0.25) is 0 Å². The number of quaternary nitrogens is 1. The number of benzene rings is 1. The number of nitrogens with two attached hydrogens (primary N) is 1. The first-order valence-corrected chi connectivity index (χ1v) is 6.25. The van der Waals surface area contributed by atoms with E-state index >= 15 is 0 Å². The average molecular weight is 219 g/mol. The van der Waals surface area contributed by atoms with Gasteiger partial charge in [-0.15, -0.1) is 0 Å². The van der Waals surface area contributed by atoms with Gasteiger partial charge in [0.2, 0.25) is 0 Å². The van der Waals surface area contributed by atoms with Crippen molar-refractivity contribution in [2.75, 3.05) is 26.7 Å². The highest BCUT2D eigenvalue weighted by Gasteiger charge is 2.27. The molecule has 2 heteroatoms. The largest absolute Gasteiger partial charge is 0.330 e. The summed E-state index contributed by atoms with van der Waals surface area (Å²) in [6.45, 7) is 6.64. The SMILES string of the molecule is Cc1ccc2c(c1)CC[N+](C)(CCCN)C2. The van der Waals surface area contributed by atoms with Crippen molar-refractivity contribution in [2.24, 2.45) is 5.73 Å². The van der Waals surface area contributed by atoms with Crippen molar-refractivity contribution in [1.29, 1.82) is 0 Å². The number of aryl methyl sites for hydroxylation is 1.